The molecule has 0 aromatic carbocycles. The summed E-state index contributed by atoms with van der Waals surface area (Å²) >= 11 is 0. The minimum Gasteiger partial charge on any atom is -0.457 e. The van der Waals surface area contributed by atoms with E-state index in [9.17, 15) is 9.59 Å². The number of fused-ring (bicyclic) bond motifs is 3. The standard InChI is InChI=1S/C21H29NO3/c1-13-6-10-22(11-7-13)12-16-15-4-8-21(3)9-5-17(23)14(2)18(21)19(15)25-20(16)24/h5,9,13,15-16,19H,4,6-8,10-12H2,1-3H3/p+1/t15-,16-,19-,21-/m0/s1. The Kier molecular flexibility index (Phi) is 4.14. The van der Waals surface area contributed by atoms with Gasteiger partial charge in [-0.2, -0.15) is 0 Å². The second-order valence-corrected chi connectivity index (χ2v) is 8.96. The highest BCUT2D eigenvalue weighted by molar-refractivity contribution is 6.05. The van der Waals surface area contributed by atoms with Gasteiger partial charge in [0.1, 0.15) is 12.0 Å². The zero-order chi connectivity index (χ0) is 17.8. The molecule has 0 amide bonds. The second-order valence-electron chi connectivity index (χ2n) is 8.96. The number of nitrogens with one attached hydrogen (secondary N) is 1. The van der Waals surface area contributed by atoms with Gasteiger partial charge in [-0.1, -0.05) is 19.9 Å². The molecule has 0 aromatic rings. The van der Waals surface area contributed by atoms with Crippen LogP contribution in [0.1, 0.15) is 46.5 Å². The first-order valence-electron chi connectivity index (χ1n) is 9.88. The molecule has 2 aliphatic heterocycles. The molecule has 4 heteroatoms. The van der Waals surface area contributed by atoms with Crippen molar-refractivity contribution in [2.75, 3.05) is 19.6 Å². The Morgan fingerprint density at radius 2 is 1.96 bits per heavy atom. The molecular formula is C21H30NO3+. The number of piperidine rings is 1. The van der Waals surface area contributed by atoms with Gasteiger partial charge in [-0.05, 0) is 50.2 Å². The lowest BCUT2D eigenvalue weighted by Crippen LogP contribution is -3.13. The van der Waals surface area contributed by atoms with Crippen LogP contribution in [-0.2, 0) is 14.3 Å². The van der Waals surface area contributed by atoms with E-state index in [2.05, 4.69) is 13.8 Å². The van der Waals surface area contributed by atoms with E-state index in [-0.39, 0.29) is 35.1 Å². The fourth-order valence-electron chi connectivity index (χ4n) is 5.49. The number of carbonyl (C=O) groups excluding carboxylic acids is 2. The number of hydrogen-bond acceptors (Lipinski definition) is 3. The predicted molar refractivity (Wildman–Crippen MR) is 95.0 cm³/mol. The van der Waals surface area contributed by atoms with Crippen LogP contribution < -0.4 is 4.90 Å². The Morgan fingerprint density at radius 1 is 1.24 bits per heavy atom. The van der Waals surface area contributed by atoms with Crippen molar-refractivity contribution >= 4 is 11.8 Å². The molecule has 3 fully saturated rings. The summed E-state index contributed by atoms with van der Waals surface area (Å²) in [6.45, 7) is 9.65. The summed E-state index contributed by atoms with van der Waals surface area (Å²) in [6, 6.07) is 0. The van der Waals surface area contributed by atoms with Crippen LogP contribution in [0, 0.1) is 23.2 Å². The van der Waals surface area contributed by atoms with Crippen LogP contribution in [0.5, 0.6) is 0 Å². The normalized spacial score (nSPS) is 43.7. The van der Waals surface area contributed by atoms with Gasteiger partial charge in [-0.15, -0.1) is 0 Å². The van der Waals surface area contributed by atoms with Crippen LogP contribution >= 0.6 is 0 Å². The fourth-order valence-corrected chi connectivity index (χ4v) is 5.49. The third-order valence-electron chi connectivity index (χ3n) is 7.21. The largest absolute Gasteiger partial charge is 0.457 e. The number of esters is 1. The lowest BCUT2D eigenvalue weighted by atomic mass is 9.61. The summed E-state index contributed by atoms with van der Waals surface area (Å²) < 4.78 is 5.90. The number of ether oxygens (including phenoxy) is 1. The Hall–Kier alpha value is -1.42. The van der Waals surface area contributed by atoms with E-state index in [1.807, 2.05) is 13.0 Å². The molecule has 4 nitrogen and oxygen atoms in total. The highest BCUT2D eigenvalue weighted by Crippen LogP contribution is 2.52. The molecule has 1 N–H and O–H groups in total. The van der Waals surface area contributed by atoms with Crippen molar-refractivity contribution in [3.8, 4) is 0 Å². The van der Waals surface area contributed by atoms with Crippen LogP contribution in [0.4, 0.5) is 0 Å². The van der Waals surface area contributed by atoms with E-state index in [4.69, 9.17) is 4.74 Å². The summed E-state index contributed by atoms with van der Waals surface area (Å²) in [4.78, 5) is 26.4. The number of hydrogen-bond donors (Lipinski definition) is 1. The van der Waals surface area contributed by atoms with E-state index in [0.717, 1.165) is 36.5 Å². The van der Waals surface area contributed by atoms with Crippen molar-refractivity contribution in [2.24, 2.45) is 23.2 Å². The van der Waals surface area contributed by atoms with Crippen molar-refractivity contribution in [3.63, 3.8) is 0 Å². The smallest absolute Gasteiger partial charge is 0.315 e. The van der Waals surface area contributed by atoms with Gasteiger partial charge in [0.2, 0.25) is 0 Å². The van der Waals surface area contributed by atoms with Crippen molar-refractivity contribution in [1.29, 1.82) is 0 Å². The Bertz CT molecular complexity index is 656. The van der Waals surface area contributed by atoms with Crippen molar-refractivity contribution in [1.82, 2.24) is 0 Å². The number of carbonyl (C=O) groups is 2. The molecule has 4 atom stereocenters. The lowest BCUT2D eigenvalue weighted by molar-refractivity contribution is -0.908. The molecular weight excluding hydrogens is 314 g/mol. The average molecular weight is 344 g/mol. The molecule has 0 unspecified atom stereocenters. The zero-order valence-electron chi connectivity index (χ0n) is 15.6. The predicted octanol–water partition coefficient (Wildman–Crippen LogP) is 1.71. The topological polar surface area (TPSA) is 47.8 Å². The van der Waals surface area contributed by atoms with Crippen molar-refractivity contribution in [3.05, 3.63) is 23.3 Å². The molecule has 0 radical (unpaired) electrons. The van der Waals surface area contributed by atoms with Crippen LogP contribution in [0.15, 0.2) is 23.3 Å². The maximum absolute atomic E-state index is 12.7. The highest BCUT2D eigenvalue weighted by Gasteiger charge is 2.55. The van der Waals surface area contributed by atoms with E-state index < -0.39 is 0 Å². The van der Waals surface area contributed by atoms with Gasteiger partial charge in [0.25, 0.3) is 0 Å². The first-order chi connectivity index (χ1) is 11.9. The monoisotopic (exact) mass is 344 g/mol. The van der Waals surface area contributed by atoms with Crippen molar-refractivity contribution in [2.45, 2.75) is 52.6 Å². The molecule has 2 saturated heterocycles. The van der Waals surface area contributed by atoms with Gasteiger partial charge in [-0.25, -0.2) is 0 Å². The Labute approximate surface area is 150 Å². The van der Waals surface area contributed by atoms with Gasteiger partial charge in [0.15, 0.2) is 5.78 Å². The minimum absolute atomic E-state index is 0.000681. The molecule has 2 heterocycles. The van der Waals surface area contributed by atoms with E-state index in [0.29, 0.717) is 0 Å². The van der Waals surface area contributed by atoms with Crippen LogP contribution in [0.2, 0.25) is 0 Å². The van der Waals surface area contributed by atoms with E-state index in [1.165, 1.54) is 25.9 Å². The molecule has 136 valence electrons. The van der Waals surface area contributed by atoms with Crippen LogP contribution in [-0.4, -0.2) is 37.5 Å². The molecule has 0 spiro atoms. The number of ketones is 1. The van der Waals surface area contributed by atoms with Gasteiger partial charge < -0.3 is 9.64 Å². The molecule has 0 bridgehead atoms. The lowest BCUT2D eigenvalue weighted by Gasteiger charge is -2.43. The summed E-state index contributed by atoms with van der Waals surface area (Å²) in [7, 11) is 0. The van der Waals surface area contributed by atoms with Gasteiger partial charge in [-0.3, -0.25) is 9.59 Å². The molecule has 4 aliphatic rings. The molecule has 1 saturated carbocycles. The SMILES string of the molecule is CC1=C2[C@H]3OC(=O)[C@@H](C[NH+]4CCC(C)CC4)[C@@H]3CC[C@@]2(C)C=CC1=O. The summed E-state index contributed by atoms with van der Waals surface area (Å²) in [6.07, 6.45) is 8.08. The van der Waals surface area contributed by atoms with Crippen LogP contribution in [0.25, 0.3) is 0 Å². The quantitative estimate of drug-likeness (QED) is 0.776. The summed E-state index contributed by atoms with van der Waals surface area (Å²) in [5.74, 6) is 1.10. The maximum atomic E-state index is 12.7. The third kappa shape index (κ3) is 2.79. The Balaban J connectivity index is 1.56. The van der Waals surface area contributed by atoms with Gasteiger partial charge in [0.05, 0.1) is 19.6 Å². The number of quaternary nitrogens is 1. The number of rotatable bonds is 2. The van der Waals surface area contributed by atoms with Gasteiger partial charge in [0, 0.05) is 16.9 Å². The summed E-state index contributed by atoms with van der Waals surface area (Å²) in [5, 5.41) is 0. The third-order valence-corrected chi connectivity index (χ3v) is 7.21. The fraction of sp³-hybridized carbons (Fsp3) is 0.714. The van der Waals surface area contributed by atoms with Crippen LogP contribution in [0.3, 0.4) is 0 Å². The van der Waals surface area contributed by atoms with E-state index in [1.54, 1.807) is 11.0 Å². The zero-order valence-corrected chi connectivity index (χ0v) is 15.6. The first kappa shape index (κ1) is 17.0. The maximum Gasteiger partial charge on any atom is 0.315 e. The molecule has 25 heavy (non-hydrogen) atoms. The molecule has 4 rings (SSSR count). The van der Waals surface area contributed by atoms with E-state index >= 15 is 0 Å². The number of likely N-dealkylation sites (tertiary alicyclic amines) is 1. The highest BCUT2D eigenvalue weighted by atomic mass is 16.6. The molecule has 0 aromatic heterocycles. The minimum atomic E-state index is -0.187. The average Bonchev–Trinajstić information content (AvgIpc) is 2.89. The summed E-state index contributed by atoms with van der Waals surface area (Å²) in [5.41, 5.74) is 1.75. The van der Waals surface area contributed by atoms with Gasteiger partial charge >= 0.3 is 5.97 Å². The number of allylic oxidation sites excluding steroid dienone is 3. The molecule has 2 aliphatic carbocycles. The Morgan fingerprint density at radius 3 is 2.68 bits per heavy atom. The second kappa shape index (κ2) is 6.08. The van der Waals surface area contributed by atoms with Crippen molar-refractivity contribution < 1.29 is 19.2 Å². The first-order valence-corrected chi connectivity index (χ1v) is 9.88.